The van der Waals surface area contributed by atoms with E-state index in [2.05, 4.69) is 0 Å². The van der Waals surface area contributed by atoms with Crippen molar-refractivity contribution in [2.45, 2.75) is 45.1 Å². The van der Waals surface area contributed by atoms with Gasteiger partial charge in [-0.05, 0) is 19.3 Å². The third kappa shape index (κ3) is 3.64. The van der Waals surface area contributed by atoms with E-state index < -0.39 is 23.8 Å². The molecule has 4 nitrogen and oxygen atoms in total. The number of rotatable bonds is 5. The van der Waals surface area contributed by atoms with Crippen LogP contribution in [0.4, 0.5) is 8.78 Å². The number of hydrogen-bond donors (Lipinski definition) is 1. The first-order chi connectivity index (χ1) is 7.74. The highest BCUT2D eigenvalue weighted by Crippen LogP contribution is 2.30. The summed E-state index contributed by atoms with van der Waals surface area (Å²) in [5, 5.41) is 0. The van der Waals surface area contributed by atoms with E-state index in [0.717, 1.165) is 6.92 Å². The molecule has 98 valence electrons. The lowest BCUT2D eigenvalue weighted by Gasteiger charge is -2.24. The van der Waals surface area contributed by atoms with Gasteiger partial charge in [-0.1, -0.05) is 6.92 Å². The predicted molar refractivity (Wildman–Crippen MR) is 58.3 cm³/mol. The molecule has 1 fully saturated rings. The zero-order valence-corrected chi connectivity index (χ0v) is 10.1. The SMILES string of the molecule is CCC(C(N)=O)N1C[C@H](CC(C)(F)F)CC1=O. The van der Waals surface area contributed by atoms with Crippen LogP contribution in [-0.4, -0.2) is 35.2 Å². The van der Waals surface area contributed by atoms with Gasteiger partial charge in [-0.15, -0.1) is 0 Å². The van der Waals surface area contributed by atoms with Crippen LogP contribution < -0.4 is 5.73 Å². The van der Waals surface area contributed by atoms with Gasteiger partial charge in [0.05, 0.1) is 0 Å². The number of nitrogens with zero attached hydrogens (tertiary/aromatic N) is 1. The van der Waals surface area contributed by atoms with E-state index in [9.17, 15) is 18.4 Å². The van der Waals surface area contributed by atoms with Gasteiger partial charge in [0.1, 0.15) is 6.04 Å². The Morgan fingerprint density at radius 1 is 1.65 bits per heavy atom. The Hall–Kier alpha value is -1.20. The molecule has 2 amide bonds. The van der Waals surface area contributed by atoms with Crippen molar-refractivity contribution in [2.24, 2.45) is 11.7 Å². The lowest BCUT2D eigenvalue weighted by molar-refractivity contribution is -0.136. The number of likely N-dealkylation sites (tertiary alicyclic amines) is 1. The van der Waals surface area contributed by atoms with Crippen molar-refractivity contribution in [3.8, 4) is 0 Å². The molecule has 0 spiro atoms. The van der Waals surface area contributed by atoms with E-state index in [1.54, 1.807) is 6.92 Å². The van der Waals surface area contributed by atoms with Crippen molar-refractivity contribution < 1.29 is 18.4 Å². The van der Waals surface area contributed by atoms with E-state index in [1.807, 2.05) is 0 Å². The molecule has 0 aromatic heterocycles. The summed E-state index contributed by atoms with van der Waals surface area (Å²) in [6, 6.07) is -0.669. The molecule has 1 rings (SSSR count). The van der Waals surface area contributed by atoms with Crippen LogP contribution in [0.1, 0.15) is 33.1 Å². The van der Waals surface area contributed by atoms with Gasteiger partial charge in [0.25, 0.3) is 0 Å². The van der Waals surface area contributed by atoms with Gasteiger partial charge in [-0.3, -0.25) is 9.59 Å². The molecule has 0 radical (unpaired) electrons. The molecule has 1 aliphatic heterocycles. The second-order valence-electron chi connectivity index (χ2n) is 4.72. The van der Waals surface area contributed by atoms with Crippen molar-refractivity contribution in [3.63, 3.8) is 0 Å². The van der Waals surface area contributed by atoms with Crippen LogP contribution in [0.5, 0.6) is 0 Å². The first-order valence-electron chi connectivity index (χ1n) is 5.71. The molecule has 17 heavy (non-hydrogen) atoms. The number of amides is 2. The zero-order valence-electron chi connectivity index (χ0n) is 10.1. The van der Waals surface area contributed by atoms with E-state index in [1.165, 1.54) is 4.90 Å². The number of hydrogen-bond acceptors (Lipinski definition) is 2. The molecule has 1 unspecified atom stereocenters. The Kier molecular flexibility index (Phi) is 4.06. The van der Waals surface area contributed by atoms with Gasteiger partial charge < -0.3 is 10.6 Å². The molecule has 0 saturated carbocycles. The fourth-order valence-corrected chi connectivity index (χ4v) is 2.33. The molecule has 1 aliphatic rings. The van der Waals surface area contributed by atoms with Gasteiger partial charge in [-0.25, -0.2) is 8.78 Å². The minimum Gasteiger partial charge on any atom is -0.368 e. The van der Waals surface area contributed by atoms with Crippen LogP contribution in [0, 0.1) is 5.92 Å². The molecule has 0 aliphatic carbocycles. The van der Waals surface area contributed by atoms with Gasteiger partial charge >= 0.3 is 0 Å². The number of primary amides is 1. The minimum absolute atomic E-state index is 0.0766. The van der Waals surface area contributed by atoms with E-state index in [-0.39, 0.29) is 25.3 Å². The first kappa shape index (κ1) is 13.9. The van der Waals surface area contributed by atoms with Crippen LogP contribution in [0.3, 0.4) is 0 Å². The van der Waals surface area contributed by atoms with Crippen LogP contribution >= 0.6 is 0 Å². The summed E-state index contributed by atoms with van der Waals surface area (Å²) in [5.41, 5.74) is 5.18. The summed E-state index contributed by atoms with van der Waals surface area (Å²) in [5.74, 6) is -4.01. The first-order valence-corrected chi connectivity index (χ1v) is 5.71. The summed E-state index contributed by atoms with van der Waals surface area (Å²) in [7, 11) is 0. The molecule has 2 atom stereocenters. The average Bonchev–Trinajstić information content (AvgIpc) is 2.44. The second kappa shape index (κ2) is 4.98. The monoisotopic (exact) mass is 248 g/mol. The topological polar surface area (TPSA) is 63.4 Å². The van der Waals surface area contributed by atoms with Gasteiger partial charge in [0.15, 0.2) is 0 Å². The van der Waals surface area contributed by atoms with Gasteiger partial charge in [0.2, 0.25) is 17.7 Å². The summed E-state index contributed by atoms with van der Waals surface area (Å²) in [6.45, 7) is 2.78. The third-order valence-corrected chi connectivity index (χ3v) is 2.98. The quantitative estimate of drug-likeness (QED) is 0.793. The zero-order chi connectivity index (χ0) is 13.2. The van der Waals surface area contributed by atoms with E-state index >= 15 is 0 Å². The van der Waals surface area contributed by atoms with Crippen molar-refractivity contribution in [1.82, 2.24) is 4.90 Å². The minimum atomic E-state index is -2.78. The molecule has 0 aromatic carbocycles. The number of nitrogens with two attached hydrogens (primary N) is 1. The lowest BCUT2D eigenvalue weighted by Crippen LogP contribution is -2.45. The molecule has 2 N–H and O–H groups in total. The molecular formula is C11H18F2N2O2. The largest absolute Gasteiger partial charge is 0.368 e. The van der Waals surface area contributed by atoms with E-state index in [0.29, 0.717) is 6.42 Å². The van der Waals surface area contributed by atoms with Gasteiger partial charge in [0, 0.05) is 19.4 Å². The molecule has 6 heteroatoms. The number of halogens is 2. The number of carbonyl (C=O) groups is 2. The van der Waals surface area contributed by atoms with Crippen molar-refractivity contribution in [1.29, 1.82) is 0 Å². The summed E-state index contributed by atoms with van der Waals surface area (Å²) in [6.07, 6.45) is 0.161. The fourth-order valence-electron chi connectivity index (χ4n) is 2.33. The lowest BCUT2D eigenvalue weighted by atomic mass is 10.0. The van der Waals surface area contributed by atoms with Crippen LogP contribution in [0.25, 0.3) is 0 Å². The molecule has 1 heterocycles. The number of carbonyl (C=O) groups excluding carboxylic acids is 2. The van der Waals surface area contributed by atoms with Crippen molar-refractivity contribution in [3.05, 3.63) is 0 Å². The summed E-state index contributed by atoms with van der Waals surface area (Å²) < 4.78 is 25.7. The summed E-state index contributed by atoms with van der Waals surface area (Å²) >= 11 is 0. The fraction of sp³-hybridized carbons (Fsp3) is 0.818. The molecule has 0 aromatic rings. The highest BCUT2D eigenvalue weighted by molar-refractivity contribution is 5.87. The standard InChI is InChI=1S/C11H18F2N2O2/c1-3-8(10(14)17)15-6-7(4-9(15)16)5-11(2,12)13/h7-8H,3-6H2,1-2H3,(H2,14,17)/t7-,8?/m0/s1. The average molecular weight is 248 g/mol. The smallest absolute Gasteiger partial charge is 0.245 e. The van der Waals surface area contributed by atoms with Crippen molar-refractivity contribution >= 4 is 11.8 Å². The Morgan fingerprint density at radius 3 is 2.65 bits per heavy atom. The maximum atomic E-state index is 12.8. The van der Waals surface area contributed by atoms with E-state index in [4.69, 9.17) is 5.73 Å². The molecule has 0 bridgehead atoms. The molecule has 1 saturated heterocycles. The maximum absolute atomic E-state index is 12.8. The third-order valence-electron chi connectivity index (χ3n) is 2.98. The Morgan fingerprint density at radius 2 is 2.24 bits per heavy atom. The normalized spacial score (nSPS) is 22.9. The number of alkyl halides is 2. The molecular weight excluding hydrogens is 230 g/mol. The Bertz CT molecular complexity index is 315. The Labute approximate surface area is 99.1 Å². The summed E-state index contributed by atoms with van der Waals surface area (Å²) in [4.78, 5) is 24.1. The predicted octanol–water partition coefficient (Wildman–Crippen LogP) is 1.14. The van der Waals surface area contributed by atoms with Crippen LogP contribution in [0.2, 0.25) is 0 Å². The highest BCUT2D eigenvalue weighted by Gasteiger charge is 2.39. The van der Waals surface area contributed by atoms with Crippen LogP contribution in [-0.2, 0) is 9.59 Å². The highest BCUT2D eigenvalue weighted by atomic mass is 19.3. The second-order valence-corrected chi connectivity index (χ2v) is 4.72. The maximum Gasteiger partial charge on any atom is 0.245 e. The van der Waals surface area contributed by atoms with Crippen molar-refractivity contribution in [2.75, 3.05) is 6.54 Å². The Balaban J connectivity index is 2.67. The van der Waals surface area contributed by atoms with Gasteiger partial charge in [-0.2, -0.15) is 0 Å². The van der Waals surface area contributed by atoms with Crippen LogP contribution in [0.15, 0.2) is 0 Å².